The third-order valence-electron chi connectivity index (χ3n) is 3.68. The average Bonchev–Trinajstić information content (AvgIpc) is 2.49. The second-order valence-electron chi connectivity index (χ2n) is 5.30. The molecule has 3 heteroatoms. The molecule has 0 aliphatic carbocycles. The molecular weight excluding hydrogens is 260 g/mol. The Morgan fingerprint density at radius 2 is 1.38 bits per heavy atom. The first-order valence-electron chi connectivity index (χ1n) is 7.29. The number of rotatable bonds is 7. The Morgan fingerprint density at radius 1 is 0.952 bits per heavy atom. The minimum Gasteiger partial charge on any atom is -0.368 e. The first-order chi connectivity index (χ1) is 10.2. The number of benzene rings is 2. The van der Waals surface area contributed by atoms with Crippen molar-refractivity contribution < 1.29 is 4.79 Å². The van der Waals surface area contributed by atoms with Crippen LogP contribution in [0.4, 0.5) is 0 Å². The lowest BCUT2D eigenvalue weighted by Crippen LogP contribution is -2.58. The number of carbonyl (C=O) groups is 1. The van der Waals surface area contributed by atoms with Crippen molar-refractivity contribution >= 4 is 5.91 Å². The predicted molar refractivity (Wildman–Crippen MR) is 85.9 cm³/mol. The van der Waals surface area contributed by atoms with Gasteiger partial charge in [0.1, 0.15) is 5.54 Å². The number of hydrogen-bond acceptors (Lipinski definition) is 2. The molecule has 0 atom stereocenters. The molecule has 0 aliphatic heterocycles. The van der Waals surface area contributed by atoms with Gasteiger partial charge >= 0.3 is 0 Å². The third kappa shape index (κ3) is 3.92. The Kier molecular flexibility index (Phi) is 5.12. The lowest BCUT2D eigenvalue weighted by atomic mass is 9.84. The first kappa shape index (κ1) is 15.3. The van der Waals surface area contributed by atoms with E-state index in [4.69, 9.17) is 5.73 Å². The van der Waals surface area contributed by atoms with Gasteiger partial charge in [-0.15, -0.1) is 0 Å². The molecular formula is C18H22N2O. The second kappa shape index (κ2) is 7.04. The van der Waals surface area contributed by atoms with Gasteiger partial charge < -0.3 is 11.1 Å². The maximum absolute atomic E-state index is 12.2. The van der Waals surface area contributed by atoms with Crippen molar-refractivity contribution in [2.45, 2.75) is 25.3 Å². The number of primary amides is 1. The lowest BCUT2D eigenvalue weighted by molar-refractivity contribution is -0.124. The van der Waals surface area contributed by atoms with Crippen molar-refractivity contribution in [3.63, 3.8) is 0 Å². The van der Waals surface area contributed by atoms with Gasteiger partial charge in [0.05, 0.1) is 0 Å². The number of carbonyl (C=O) groups excluding carboxylic acids is 1. The fraction of sp³-hybridized carbons (Fsp3) is 0.278. The molecule has 0 aromatic heterocycles. The van der Waals surface area contributed by atoms with Crippen LogP contribution in [-0.2, 0) is 17.6 Å². The Morgan fingerprint density at radius 3 is 1.71 bits per heavy atom. The second-order valence-corrected chi connectivity index (χ2v) is 5.30. The summed E-state index contributed by atoms with van der Waals surface area (Å²) in [5.74, 6) is -0.308. The van der Waals surface area contributed by atoms with E-state index in [1.54, 1.807) is 0 Å². The van der Waals surface area contributed by atoms with Crippen LogP contribution in [0.15, 0.2) is 60.7 Å². The summed E-state index contributed by atoms with van der Waals surface area (Å²) in [5.41, 5.74) is 7.21. The highest BCUT2D eigenvalue weighted by atomic mass is 16.1. The minimum atomic E-state index is -0.753. The van der Waals surface area contributed by atoms with E-state index in [9.17, 15) is 4.79 Å². The van der Waals surface area contributed by atoms with Crippen molar-refractivity contribution in [3.05, 3.63) is 71.8 Å². The fourth-order valence-corrected chi connectivity index (χ4v) is 2.68. The van der Waals surface area contributed by atoms with Crippen LogP contribution in [0, 0.1) is 0 Å². The van der Waals surface area contributed by atoms with Gasteiger partial charge in [-0.05, 0) is 30.5 Å². The van der Waals surface area contributed by atoms with Crippen LogP contribution in [0.3, 0.4) is 0 Å². The Hall–Kier alpha value is -2.13. The highest BCUT2D eigenvalue weighted by Gasteiger charge is 2.35. The molecule has 1 amide bonds. The molecule has 2 aromatic carbocycles. The van der Waals surface area contributed by atoms with E-state index in [0.29, 0.717) is 19.4 Å². The van der Waals surface area contributed by atoms with E-state index >= 15 is 0 Å². The van der Waals surface area contributed by atoms with Crippen LogP contribution in [-0.4, -0.2) is 18.0 Å². The largest absolute Gasteiger partial charge is 0.368 e. The van der Waals surface area contributed by atoms with Crippen LogP contribution in [0.2, 0.25) is 0 Å². The van der Waals surface area contributed by atoms with Gasteiger partial charge in [-0.3, -0.25) is 4.79 Å². The molecule has 0 aliphatic rings. The third-order valence-corrected chi connectivity index (χ3v) is 3.68. The highest BCUT2D eigenvalue weighted by Crippen LogP contribution is 2.19. The molecule has 0 saturated carbocycles. The molecule has 3 N–H and O–H groups in total. The summed E-state index contributed by atoms with van der Waals surface area (Å²) in [6.45, 7) is 2.69. The smallest absolute Gasteiger partial charge is 0.238 e. The summed E-state index contributed by atoms with van der Waals surface area (Å²) < 4.78 is 0. The molecule has 0 radical (unpaired) electrons. The zero-order valence-corrected chi connectivity index (χ0v) is 12.4. The van der Waals surface area contributed by atoms with E-state index in [1.807, 2.05) is 67.6 Å². The molecule has 2 aromatic rings. The van der Waals surface area contributed by atoms with Crippen molar-refractivity contribution in [3.8, 4) is 0 Å². The Bertz CT molecular complexity index is 525. The van der Waals surface area contributed by atoms with E-state index in [2.05, 4.69) is 5.32 Å². The van der Waals surface area contributed by atoms with Crippen molar-refractivity contribution in [1.82, 2.24) is 5.32 Å². The van der Waals surface area contributed by atoms with Gasteiger partial charge in [-0.2, -0.15) is 0 Å². The normalized spacial score (nSPS) is 11.3. The molecule has 0 heterocycles. The Balaban J connectivity index is 2.31. The monoisotopic (exact) mass is 282 g/mol. The number of hydrogen-bond donors (Lipinski definition) is 2. The van der Waals surface area contributed by atoms with Gasteiger partial charge in [-0.1, -0.05) is 67.6 Å². The van der Waals surface area contributed by atoms with Crippen LogP contribution < -0.4 is 11.1 Å². The zero-order chi connectivity index (χ0) is 15.1. The van der Waals surface area contributed by atoms with Crippen molar-refractivity contribution in [2.24, 2.45) is 5.73 Å². The fourth-order valence-electron chi connectivity index (χ4n) is 2.68. The molecule has 2 rings (SSSR count). The summed E-state index contributed by atoms with van der Waals surface area (Å²) in [5, 5.41) is 3.32. The van der Waals surface area contributed by atoms with Crippen LogP contribution in [0.1, 0.15) is 18.1 Å². The quantitative estimate of drug-likeness (QED) is 0.818. The van der Waals surface area contributed by atoms with E-state index in [1.165, 1.54) is 0 Å². The summed E-state index contributed by atoms with van der Waals surface area (Å²) in [7, 11) is 0. The Labute approximate surface area is 126 Å². The predicted octanol–water partition coefficient (Wildman–Crippen LogP) is 2.31. The van der Waals surface area contributed by atoms with E-state index < -0.39 is 5.54 Å². The van der Waals surface area contributed by atoms with E-state index in [-0.39, 0.29) is 5.91 Å². The maximum atomic E-state index is 12.2. The first-order valence-corrected chi connectivity index (χ1v) is 7.29. The molecule has 0 saturated heterocycles. The van der Waals surface area contributed by atoms with Gasteiger partial charge in [0.15, 0.2) is 0 Å². The van der Waals surface area contributed by atoms with Crippen molar-refractivity contribution in [1.29, 1.82) is 0 Å². The number of nitrogens with two attached hydrogens (primary N) is 1. The summed E-state index contributed by atoms with van der Waals surface area (Å²) in [4.78, 5) is 12.2. The van der Waals surface area contributed by atoms with Gasteiger partial charge in [-0.25, -0.2) is 0 Å². The molecule has 21 heavy (non-hydrogen) atoms. The molecule has 0 bridgehead atoms. The van der Waals surface area contributed by atoms with Crippen LogP contribution in [0.25, 0.3) is 0 Å². The number of likely N-dealkylation sites (N-methyl/N-ethyl adjacent to an activating group) is 1. The lowest BCUT2D eigenvalue weighted by Gasteiger charge is -2.32. The number of amides is 1. The topological polar surface area (TPSA) is 55.1 Å². The summed E-state index contributed by atoms with van der Waals surface area (Å²) in [6, 6.07) is 20.0. The molecule has 3 nitrogen and oxygen atoms in total. The SMILES string of the molecule is CCNC(Cc1ccccc1)(Cc1ccccc1)C(N)=O. The van der Waals surface area contributed by atoms with Gasteiger partial charge in [0.2, 0.25) is 5.91 Å². The minimum absolute atomic E-state index is 0.308. The average molecular weight is 282 g/mol. The van der Waals surface area contributed by atoms with Crippen LogP contribution in [0.5, 0.6) is 0 Å². The van der Waals surface area contributed by atoms with Crippen molar-refractivity contribution in [2.75, 3.05) is 6.54 Å². The molecule has 0 spiro atoms. The summed E-state index contributed by atoms with van der Waals surface area (Å²) in [6.07, 6.45) is 1.18. The molecule has 110 valence electrons. The number of nitrogens with one attached hydrogen (secondary N) is 1. The summed E-state index contributed by atoms with van der Waals surface area (Å²) >= 11 is 0. The van der Waals surface area contributed by atoms with Gasteiger partial charge in [0, 0.05) is 0 Å². The molecule has 0 unspecified atom stereocenters. The standard InChI is InChI=1S/C18H22N2O/c1-2-20-18(17(19)21,13-15-9-5-3-6-10-15)14-16-11-7-4-8-12-16/h3-12,20H,2,13-14H2,1H3,(H2,19,21). The highest BCUT2D eigenvalue weighted by molar-refractivity contribution is 5.85. The van der Waals surface area contributed by atoms with Gasteiger partial charge in [0.25, 0.3) is 0 Å². The van der Waals surface area contributed by atoms with E-state index in [0.717, 1.165) is 11.1 Å². The van der Waals surface area contributed by atoms with Crippen LogP contribution >= 0.6 is 0 Å². The zero-order valence-electron chi connectivity index (χ0n) is 12.4. The maximum Gasteiger partial charge on any atom is 0.238 e. The molecule has 0 fully saturated rings.